The van der Waals surface area contributed by atoms with Crippen LogP contribution in [0.3, 0.4) is 0 Å². The van der Waals surface area contributed by atoms with Gasteiger partial charge in [-0.05, 0) is 62.5 Å². The SMILES string of the molecule is O=C(c1cnn(-c2ncc3c(n2)-c2ccccc2CCC3)c1C1CC1)N1CCCC[C@@H]1CO. The summed E-state index contributed by atoms with van der Waals surface area (Å²) in [5.41, 5.74) is 6.19. The van der Waals surface area contributed by atoms with Crippen molar-refractivity contribution < 1.29 is 9.90 Å². The molecular formula is C26H29N5O2. The van der Waals surface area contributed by atoms with Crippen molar-refractivity contribution in [3.63, 3.8) is 0 Å². The molecule has 7 nitrogen and oxygen atoms in total. The molecule has 33 heavy (non-hydrogen) atoms. The molecule has 0 bridgehead atoms. The Bertz CT molecular complexity index is 1200. The molecule has 1 aromatic carbocycles. The summed E-state index contributed by atoms with van der Waals surface area (Å²) in [5.74, 6) is 0.810. The van der Waals surface area contributed by atoms with Crippen molar-refractivity contribution in [1.29, 1.82) is 0 Å². The number of aliphatic hydroxyl groups excluding tert-OH is 1. The Labute approximate surface area is 193 Å². The van der Waals surface area contributed by atoms with Crippen LogP contribution in [0, 0.1) is 0 Å². The highest BCUT2D eigenvalue weighted by Crippen LogP contribution is 2.43. The van der Waals surface area contributed by atoms with Gasteiger partial charge in [0.05, 0.1) is 35.8 Å². The number of carbonyl (C=O) groups excluding carboxylic acids is 1. The summed E-state index contributed by atoms with van der Waals surface area (Å²) in [4.78, 5) is 25.1. The first-order valence-electron chi connectivity index (χ1n) is 12.2. The second-order valence-corrected chi connectivity index (χ2v) is 9.51. The van der Waals surface area contributed by atoms with Crippen molar-refractivity contribution in [2.24, 2.45) is 0 Å². The average Bonchev–Trinajstić information content (AvgIpc) is 3.64. The van der Waals surface area contributed by atoms with E-state index in [-0.39, 0.29) is 18.6 Å². The zero-order chi connectivity index (χ0) is 22.4. The highest BCUT2D eigenvalue weighted by atomic mass is 16.3. The van der Waals surface area contributed by atoms with Gasteiger partial charge in [0.1, 0.15) is 0 Å². The lowest BCUT2D eigenvalue weighted by atomic mass is 10.0. The standard InChI is InChI=1S/C26H29N5O2/c32-16-20-9-3-4-13-30(20)25(33)22-15-28-31(24(22)18-11-12-18)26-27-14-19-8-5-7-17-6-1-2-10-21(17)23(19)29-26/h1-2,6,10,14-15,18,20,32H,3-5,7-9,11-13,16H2/t20-/m1/s1. The molecule has 2 fully saturated rings. The smallest absolute Gasteiger partial charge is 0.257 e. The first-order chi connectivity index (χ1) is 16.2. The Balaban J connectivity index is 1.42. The van der Waals surface area contributed by atoms with E-state index in [9.17, 15) is 9.90 Å². The molecule has 1 saturated heterocycles. The van der Waals surface area contributed by atoms with Crippen molar-refractivity contribution in [2.45, 2.75) is 63.3 Å². The molecule has 3 aromatic rings. The van der Waals surface area contributed by atoms with E-state index in [4.69, 9.17) is 4.98 Å². The summed E-state index contributed by atoms with van der Waals surface area (Å²) in [6.45, 7) is 0.692. The Kier molecular flexibility index (Phi) is 5.21. The molecule has 1 saturated carbocycles. The second kappa shape index (κ2) is 8.37. The Hall–Kier alpha value is -3.06. The largest absolute Gasteiger partial charge is 0.394 e. The molecule has 1 atom stereocenters. The van der Waals surface area contributed by atoms with E-state index in [0.717, 1.165) is 62.8 Å². The normalized spacial score (nSPS) is 20.2. The molecule has 3 aliphatic rings. The summed E-state index contributed by atoms with van der Waals surface area (Å²) in [5, 5.41) is 14.4. The molecule has 2 aliphatic carbocycles. The maximum absolute atomic E-state index is 13.5. The molecule has 2 aromatic heterocycles. The van der Waals surface area contributed by atoms with Crippen LogP contribution < -0.4 is 0 Å². The Morgan fingerprint density at radius 3 is 2.73 bits per heavy atom. The third-order valence-electron chi connectivity index (χ3n) is 7.31. The predicted molar refractivity (Wildman–Crippen MR) is 124 cm³/mol. The van der Waals surface area contributed by atoms with E-state index in [2.05, 4.69) is 34.3 Å². The number of piperidine rings is 1. The van der Waals surface area contributed by atoms with Crippen LogP contribution in [0.2, 0.25) is 0 Å². The van der Waals surface area contributed by atoms with Crippen molar-refractivity contribution in [1.82, 2.24) is 24.6 Å². The number of aromatic nitrogens is 4. The maximum Gasteiger partial charge on any atom is 0.257 e. The van der Waals surface area contributed by atoms with E-state index in [1.165, 1.54) is 16.7 Å². The van der Waals surface area contributed by atoms with Crippen LogP contribution >= 0.6 is 0 Å². The second-order valence-electron chi connectivity index (χ2n) is 9.51. The number of hydrogen-bond donors (Lipinski definition) is 1. The van der Waals surface area contributed by atoms with Gasteiger partial charge in [-0.15, -0.1) is 0 Å². The van der Waals surface area contributed by atoms with Crippen LogP contribution in [-0.2, 0) is 12.8 Å². The van der Waals surface area contributed by atoms with Gasteiger partial charge in [0.25, 0.3) is 11.9 Å². The molecule has 170 valence electrons. The third kappa shape index (κ3) is 3.64. The quantitative estimate of drug-likeness (QED) is 0.665. The molecule has 1 aliphatic heterocycles. The van der Waals surface area contributed by atoms with Crippen LogP contribution in [0.25, 0.3) is 17.2 Å². The summed E-state index contributed by atoms with van der Waals surface area (Å²) >= 11 is 0. The van der Waals surface area contributed by atoms with Crippen LogP contribution in [0.4, 0.5) is 0 Å². The van der Waals surface area contributed by atoms with Gasteiger partial charge in [-0.2, -0.15) is 5.10 Å². The molecule has 7 heteroatoms. The zero-order valence-corrected chi connectivity index (χ0v) is 18.8. The molecule has 0 radical (unpaired) electrons. The number of rotatable bonds is 4. The minimum absolute atomic E-state index is 0.00593. The van der Waals surface area contributed by atoms with Crippen LogP contribution in [-0.4, -0.2) is 54.9 Å². The van der Waals surface area contributed by atoms with Gasteiger partial charge in [-0.25, -0.2) is 14.6 Å². The third-order valence-corrected chi connectivity index (χ3v) is 7.31. The molecular weight excluding hydrogens is 414 g/mol. The van der Waals surface area contributed by atoms with Crippen molar-refractivity contribution >= 4 is 5.91 Å². The highest BCUT2D eigenvalue weighted by molar-refractivity contribution is 5.96. The molecule has 0 spiro atoms. The van der Waals surface area contributed by atoms with Gasteiger partial charge in [0.15, 0.2) is 0 Å². The van der Waals surface area contributed by atoms with Crippen molar-refractivity contribution in [3.05, 3.63) is 59.0 Å². The van der Waals surface area contributed by atoms with Gasteiger partial charge in [0.2, 0.25) is 0 Å². The van der Waals surface area contributed by atoms with Gasteiger partial charge < -0.3 is 10.0 Å². The molecule has 6 rings (SSSR count). The highest BCUT2D eigenvalue weighted by Gasteiger charge is 2.37. The van der Waals surface area contributed by atoms with E-state index in [1.54, 1.807) is 10.9 Å². The summed E-state index contributed by atoms with van der Waals surface area (Å²) in [7, 11) is 0. The zero-order valence-electron chi connectivity index (χ0n) is 18.8. The molecule has 0 unspecified atom stereocenters. The minimum Gasteiger partial charge on any atom is -0.394 e. The monoisotopic (exact) mass is 443 g/mol. The van der Waals surface area contributed by atoms with Crippen molar-refractivity contribution in [3.8, 4) is 17.2 Å². The van der Waals surface area contributed by atoms with Crippen LogP contribution in [0.15, 0.2) is 36.7 Å². The lowest BCUT2D eigenvalue weighted by molar-refractivity contribution is 0.0502. The minimum atomic E-state index is -0.109. The van der Waals surface area contributed by atoms with Gasteiger partial charge >= 0.3 is 0 Å². The van der Waals surface area contributed by atoms with Gasteiger partial charge in [0, 0.05) is 24.2 Å². The number of benzene rings is 1. The Morgan fingerprint density at radius 2 is 1.88 bits per heavy atom. The van der Waals surface area contributed by atoms with E-state index in [0.29, 0.717) is 24.0 Å². The van der Waals surface area contributed by atoms with Gasteiger partial charge in [-0.3, -0.25) is 4.79 Å². The number of nitrogens with zero attached hydrogens (tertiary/aromatic N) is 5. The van der Waals surface area contributed by atoms with Crippen LogP contribution in [0.1, 0.15) is 71.6 Å². The lowest BCUT2D eigenvalue weighted by Crippen LogP contribution is -2.45. The Morgan fingerprint density at radius 1 is 1.03 bits per heavy atom. The number of likely N-dealkylation sites (tertiary alicyclic amines) is 1. The summed E-state index contributed by atoms with van der Waals surface area (Å²) in [6.07, 6.45) is 11.7. The molecule has 1 N–H and O–H groups in total. The lowest BCUT2D eigenvalue weighted by Gasteiger charge is -2.34. The first kappa shape index (κ1) is 20.5. The topological polar surface area (TPSA) is 84.1 Å². The maximum atomic E-state index is 13.5. The fraction of sp³-hybridized carbons (Fsp3) is 0.462. The number of amides is 1. The summed E-state index contributed by atoms with van der Waals surface area (Å²) < 4.78 is 1.79. The van der Waals surface area contributed by atoms with Crippen molar-refractivity contribution in [2.75, 3.05) is 13.2 Å². The number of fused-ring (bicyclic) bond motifs is 3. The van der Waals surface area contributed by atoms with E-state index >= 15 is 0 Å². The molecule has 1 amide bonds. The van der Waals surface area contributed by atoms with Gasteiger partial charge in [-0.1, -0.05) is 24.3 Å². The fourth-order valence-electron chi connectivity index (χ4n) is 5.40. The van der Waals surface area contributed by atoms with E-state index in [1.807, 2.05) is 11.1 Å². The predicted octanol–water partition coefficient (Wildman–Crippen LogP) is 3.68. The number of aliphatic hydroxyl groups is 1. The summed E-state index contributed by atoms with van der Waals surface area (Å²) in [6, 6.07) is 8.36. The number of carbonyl (C=O) groups is 1. The molecule has 3 heterocycles. The number of aryl methyl sites for hydroxylation is 2. The van der Waals surface area contributed by atoms with E-state index < -0.39 is 0 Å². The fourth-order valence-corrected chi connectivity index (χ4v) is 5.40. The van der Waals surface area contributed by atoms with Crippen LogP contribution in [0.5, 0.6) is 0 Å². The average molecular weight is 444 g/mol. The first-order valence-corrected chi connectivity index (χ1v) is 12.2. The number of hydrogen-bond acceptors (Lipinski definition) is 5.